The third-order valence-electron chi connectivity index (χ3n) is 5.46. The number of rotatable bonds is 4. The Labute approximate surface area is 173 Å². The molecule has 7 heteroatoms. The highest BCUT2D eigenvalue weighted by atomic mass is 32.1. The molecule has 2 aromatic carbocycles. The van der Waals surface area contributed by atoms with Crippen LogP contribution < -0.4 is 14.2 Å². The number of ether oxygens (including phenoxy) is 3. The molecule has 0 N–H and O–H groups in total. The highest BCUT2D eigenvalue weighted by molar-refractivity contribution is 7.20. The molecular formula is C22H22N2O4S. The van der Waals surface area contributed by atoms with E-state index in [0.29, 0.717) is 25.3 Å². The molecule has 0 atom stereocenters. The number of aromatic nitrogens is 1. The van der Waals surface area contributed by atoms with Gasteiger partial charge in [0.25, 0.3) is 5.19 Å². The predicted octanol–water partition coefficient (Wildman–Crippen LogP) is 3.95. The van der Waals surface area contributed by atoms with Crippen molar-refractivity contribution in [2.75, 3.05) is 19.9 Å². The van der Waals surface area contributed by atoms with Crippen LogP contribution in [0.3, 0.4) is 0 Å². The van der Waals surface area contributed by atoms with Gasteiger partial charge in [0, 0.05) is 25.9 Å². The molecule has 1 saturated heterocycles. The van der Waals surface area contributed by atoms with Crippen LogP contribution in [-0.2, 0) is 11.2 Å². The van der Waals surface area contributed by atoms with E-state index < -0.39 is 0 Å². The van der Waals surface area contributed by atoms with Gasteiger partial charge >= 0.3 is 0 Å². The Bertz CT molecular complexity index is 1060. The maximum absolute atomic E-state index is 12.7. The van der Waals surface area contributed by atoms with E-state index >= 15 is 0 Å². The van der Waals surface area contributed by atoms with Crippen molar-refractivity contribution in [3.8, 4) is 16.7 Å². The van der Waals surface area contributed by atoms with E-state index in [-0.39, 0.29) is 18.8 Å². The van der Waals surface area contributed by atoms with Crippen LogP contribution in [0.15, 0.2) is 36.4 Å². The zero-order chi connectivity index (χ0) is 19.8. The van der Waals surface area contributed by atoms with Crippen molar-refractivity contribution in [3.05, 3.63) is 47.5 Å². The summed E-state index contributed by atoms with van der Waals surface area (Å²) in [6, 6.07) is 11.9. The van der Waals surface area contributed by atoms with Crippen LogP contribution in [-0.4, -0.2) is 41.8 Å². The lowest BCUT2D eigenvalue weighted by atomic mass is 10.1. The van der Waals surface area contributed by atoms with Crippen molar-refractivity contribution in [1.82, 2.24) is 9.88 Å². The number of fused-ring (bicyclic) bond motifs is 2. The Morgan fingerprint density at radius 1 is 1.21 bits per heavy atom. The first kappa shape index (κ1) is 18.2. The Balaban J connectivity index is 1.16. The lowest BCUT2D eigenvalue weighted by Crippen LogP contribution is -2.42. The van der Waals surface area contributed by atoms with Crippen LogP contribution in [0.1, 0.15) is 24.0 Å². The van der Waals surface area contributed by atoms with Gasteiger partial charge in [0.1, 0.15) is 6.10 Å². The van der Waals surface area contributed by atoms with Crippen molar-refractivity contribution in [2.45, 2.75) is 32.3 Å². The summed E-state index contributed by atoms with van der Waals surface area (Å²) in [5.74, 6) is 1.59. The number of piperidine rings is 1. The molecule has 3 aromatic rings. The van der Waals surface area contributed by atoms with E-state index in [1.165, 1.54) is 0 Å². The Kier molecular flexibility index (Phi) is 4.75. The first-order valence-electron chi connectivity index (χ1n) is 9.85. The number of nitrogens with zero attached hydrogens (tertiary/aromatic N) is 2. The van der Waals surface area contributed by atoms with Crippen molar-refractivity contribution in [2.24, 2.45) is 0 Å². The van der Waals surface area contributed by atoms with Gasteiger partial charge in [-0.3, -0.25) is 4.79 Å². The number of amides is 1. The molecule has 1 aromatic heterocycles. The monoisotopic (exact) mass is 410 g/mol. The fraction of sp³-hybridized carbons (Fsp3) is 0.364. The zero-order valence-corrected chi connectivity index (χ0v) is 17.0. The van der Waals surface area contributed by atoms with E-state index in [4.69, 9.17) is 14.2 Å². The lowest BCUT2D eigenvalue weighted by Gasteiger charge is -2.31. The molecule has 0 unspecified atom stereocenters. The number of para-hydroxylation sites is 1. The number of hydrogen-bond acceptors (Lipinski definition) is 6. The van der Waals surface area contributed by atoms with Gasteiger partial charge in [-0.05, 0) is 36.2 Å². The molecule has 2 aliphatic heterocycles. The second kappa shape index (κ2) is 7.55. The zero-order valence-electron chi connectivity index (χ0n) is 16.2. The summed E-state index contributed by atoms with van der Waals surface area (Å²) in [6.45, 7) is 3.72. The van der Waals surface area contributed by atoms with E-state index in [1.807, 2.05) is 29.2 Å². The number of carbonyl (C=O) groups is 1. The highest BCUT2D eigenvalue weighted by Crippen LogP contribution is 2.33. The average molecular weight is 410 g/mol. The molecule has 0 bridgehead atoms. The van der Waals surface area contributed by atoms with Gasteiger partial charge in [0.05, 0.1) is 16.6 Å². The summed E-state index contributed by atoms with van der Waals surface area (Å²) in [5.41, 5.74) is 3.13. The number of hydrogen-bond donors (Lipinski definition) is 0. The summed E-state index contributed by atoms with van der Waals surface area (Å²) >= 11 is 1.59. The summed E-state index contributed by atoms with van der Waals surface area (Å²) in [6.07, 6.45) is 2.12. The number of carbonyl (C=O) groups excluding carboxylic acids is 1. The molecule has 1 fully saturated rings. The van der Waals surface area contributed by atoms with Crippen LogP contribution in [0.2, 0.25) is 0 Å². The minimum atomic E-state index is 0.102. The summed E-state index contributed by atoms with van der Waals surface area (Å²) in [4.78, 5) is 19.3. The Morgan fingerprint density at radius 2 is 2.03 bits per heavy atom. The molecule has 5 rings (SSSR count). The molecule has 150 valence electrons. The fourth-order valence-corrected chi connectivity index (χ4v) is 4.78. The smallest absolute Gasteiger partial charge is 0.274 e. The van der Waals surface area contributed by atoms with Crippen LogP contribution in [0.4, 0.5) is 0 Å². The number of thiazole rings is 1. The van der Waals surface area contributed by atoms with Crippen molar-refractivity contribution in [1.29, 1.82) is 0 Å². The Hall–Kier alpha value is -2.80. The van der Waals surface area contributed by atoms with E-state index in [0.717, 1.165) is 45.1 Å². The molecular weight excluding hydrogens is 388 g/mol. The molecule has 2 aliphatic rings. The van der Waals surface area contributed by atoms with Crippen LogP contribution in [0, 0.1) is 6.92 Å². The summed E-state index contributed by atoms with van der Waals surface area (Å²) in [7, 11) is 0. The maximum atomic E-state index is 12.7. The first-order chi connectivity index (χ1) is 14.2. The minimum Gasteiger partial charge on any atom is -0.467 e. The van der Waals surface area contributed by atoms with Crippen LogP contribution in [0.25, 0.3) is 10.2 Å². The van der Waals surface area contributed by atoms with Gasteiger partial charge in [-0.15, -0.1) is 0 Å². The Morgan fingerprint density at radius 3 is 2.86 bits per heavy atom. The molecule has 0 saturated carbocycles. The topological polar surface area (TPSA) is 60.9 Å². The molecule has 0 radical (unpaired) electrons. The normalized spacial score (nSPS) is 16.4. The van der Waals surface area contributed by atoms with Crippen molar-refractivity contribution >= 4 is 27.5 Å². The predicted molar refractivity (Wildman–Crippen MR) is 111 cm³/mol. The minimum absolute atomic E-state index is 0.102. The van der Waals surface area contributed by atoms with Crippen LogP contribution >= 0.6 is 11.3 Å². The molecule has 29 heavy (non-hydrogen) atoms. The second-order valence-corrected chi connectivity index (χ2v) is 8.46. The molecule has 3 heterocycles. The second-order valence-electron chi connectivity index (χ2n) is 7.46. The van der Waals surface area contributed by atoms with Gasteiger partial charge in [-0.25, -0.2) is 4.98 Å². The van der Waals surface area contributed by atoms with Gasteiger partial charge < -0.3 is 19.1 Å². The molecule has 0 aliphatic carbocycles. The molecule has 6 nitrogen and oxygen atoms in total. The van der Waals surface area contributed by atoms with E-state index in [1.54, 1.807) is 11.3 Å². The van der Waals surface area contributed by atoms with E-state index in [2.05, 4.69) is 24.0 Å². The first-order valence-corrected chi connectivity index (χ1v) is 10.7. The fourth-order valence-electron chi connectivity index (χ4n) is 3.82. The third kappa shape index (κ3) is 3.74. The third-order valence-corrected chi connectivity index (χ3v) is 6.37. The largest absolute Gasteiger partial charge is 0.467 e. The van der Waals surface area contributed by atoms with Gasteiger partial charge in [0.15, 0.2) is 11.5 Å². The van der Waals surface area contributed by atoms with Gasteiger partial charge in [-0.2, -0.15) is 0 Å². The SMILES string of the molecule is Cc1cccc2sc(OC3CCN(C(=O)Cc4ccc5c(c4)OCO5)CC3)nc12. The lowest BCUT2D eigenvalue weighted by molar-refractivity contribution is -0.132. The van der Waals surface area contributed by atoms with Crippen molar-refractivity contribution < 1.29 is 19.0 Å². The molecule has 1 amide bonds. The standard InChI is InChI=1S/C22H22N2O4S/c1-14-3-2-4-19-21(14)23-22(29-19)28-16-7-9-24(10-8-16)20(25)12-15-5-6-17-18(11-15)27-13-26-17/h2-6,11,16H,7-10,12-13H2,1H3. The summed E-state index contributed by atoms with van der Waals surface area (Å²) < 4.78 is 18.0. The summed E-state index contributed by atoms with van der Waals surface area (Å²) in [5, 5.41) is 0.722. The number of benzene rings is 2. The molecule has 0 spiro atoms. The van der Waals surface area contributed by atoms with Crippen LogP contribution in [0.5, 0.6) is 16.7 Å². The average Bonchev–Trinajstić information content (AvgIpc) is 3.35. The number of likely N-dealkylation sites (tertiary alicyclic amines) is 1. The van der Waals surface area contributed by atoms with Gasteiger partial charge in [0.2, 0.25) is 12.7 Å². The van der Waals surface area contributed by atoms with Crippen molar-refractivity contribution in [3.63, 3.8) is 0 Å². The maximum Gasteiger partial charge on any atom is 0.274 e. The highest BCUT2D eigenvalue weighted by Gasteiger charge is 2.25. The number of aryl methyl sites for hydroxylation is 1. The van der Waals surface area contributed by atoms with E-state index in [9.17, 15) is 4.79 Å². The van der Waals surface area contributed by atoms with Gasteiger partial charge in [-0.1, -0.05) is 29.5 Å². The quantitative estimate of drug-likeness (QED) is 0.652.